The predicted octanol–water partition coefficient (Wildman–Crippen LogP) is 1.98. The molecule has 3 nitrogen and oxygen atoms in total. The molecule has 0 unspecified atom stereocenters. The van der Waals surface area contributed by atoms with Gasteiger partial charge >= 0.3 is 0 Å². The van der Waals surface area contributed by atoms with Crippen LogP contribution < -0.4 is 10.1 Å². The van der Waals surface area contributed by atoms with Crippen LogP contribution in [0.3, 0.4) is 0 Å². The number of ether oxygens (including phenoxy) is 1. The molecular formula is C11H18N2O. The van der Waals surface area contributed by atoms with Crippen molar-refractivity contribution in [2.75, 3.05) is 6.61 Å². The third-order valence-corrected chi connectivity index (χ3v) is 1.80. The van der Waals surface area contributed by atoms with Crippen LogP contribution in [0.1, 0.15) is 26.5 Å². The maximum atomic E-state index is 5.30. The highest BCUT2D eigenvalue weighted by Gasteiger charge is 1.97. The molecule has 0 aromatic carbocycles. The molecule has 0 fully saturated rings. The summed E-state index contributed by atoms with van der Waals surface area (Å²) in [5.41, 5.74) is 1.04. The fourth-order valence-electron chi connectivity index (χ4n) is 1.08. The van der Waals surface area contributed by atoms with E-state index in [4.69, 9.17) is 4.74 Å². The van der Waals surface area contributed by atoms with Crippen LogP contribution in [-0.2, 0) is 6.54 Å². The van der Waals surface area contributed by atoms with E-state index in [1.807, 2.05) is 19.1 Å². The van der Waals surface area contributed by atoms with Crippen molar-refractivity contribution < 1.29 is 4.74 Å². The summed E-state index contributed by atoms with van der Waals surface area (Å²) in [6.07, 6.45) is 1.76. The second-order valence-corrected chi connectivity index (χ2v) is 3.45. The Kier molecular flexibility index (Phi) is 4.40. The van der Waals surface area contributed by atoms with Gasteiger partial charge in [-0.1, -0.05) is 13.8 Å². The zero-order valence-electron chi connectivity index (χ0n) is 9.08. The molecule has 78 valence electrons. The van der Waals surface area contributed by atoms with Crippen molar-refractivity contribution in [1.82, 2.24) is 10.3 Å². The summed E-state index contributed by atoms with van der Waals surface area (Å²) in [6.45, 7) is 7.70. The summed E-state index contributed by atoms with van der Waals surface area (Å²) in [7, 11) is 0. The minimum atomic E-state index is 0.489. The summed E-state index contributed by atoms with van der Waals surface area (Å²) in [5.74, 6) is 0.834. The highest BCUT2D eigenvalue weighted by molar-refractivity contribution is 5.19. The number of nitrogens with one attached hydrogen (secondary N) is 1. The summed E-state index contributed by atoms with van der Waals surface area (Å²) in [5, 5.41) is 3.31. The highest BCUT2D eigenvalue weighted by atomic mass is 16.5. The first-order valence-electron chi connectivity index (χ1n) is 5.03. The highest BCUT2D eigenvalue weighted by Crippen LogP contribution is 2.08. The van der Waals surface area contributed by atoms with E-state index in [1.165, 1.54) is 0 Å². The van der Waals surface area contributed by atoms with Crippen molar-refractivity contribution in [3.05, 3.63) is 24.0 Å². The fraction of sp³-hybridized carbons (Fsp3) is 0.545. The van der Waals surface area contributed by atoms with Crippen LogP contribution in [-0.4, -0.2) is 17.6 Å². The Morgan fingerprint density at radius 1 is 1.43 bits per heavy atom. The first-order valence-corrected chi connectivity index (χ1v) is 5.03. The molecule has 3 heteroatoms. The van der Waals surface area contributed by atoms with E-state index in [1.54, 1.807) is 6.20 Å². The summed E-state index contributed by atoms with van der Waals surface area (Å²) < 4.78 is 5.30. The van der Waals surface area contributed by atoms with Crippen molar-refractivity contribution in [1.29, 1.82) is 0 Å². The molecule has 0 bridgehead atoms. The van der Waals surface area contributed by atoms with Crippen LogP contribution in [0, 0.1) is 0 Å². The number of hydrogen-bond donors (Lipinski definition) is 1. The van der Waals surface area contributed by atoms with E-state index in [2.05, 4.69) is 24.1 Å². The molecule has 0 aliphatic carbocycles. The Bertz CT molecular complexity index is 256. The lowest BCUT2D eigenvalue weighted by atomic mass is 10.3. The number of aromatic nitrogens is 1. The third-order valence-electron chi connectivity index (χ3n) is 1.80. The average Bonchev–Trinajstić information content (AvgIpc) is 2.17. The molecule has 0 radical (unpaired) electrons. The zero-order valence-corrected chi connectivity index (χ0v) is 9.08. The molecule has 0 atom stereocenters. The predicted molar refractivity (Wildman–Crippen MR) is 57.4 cm³/mol. The Hall–Kier alpha value is -1.09. The Morgan fingerprint density at radius 2 is 2.21 bits per heavy atom. The maximum absolute atomic E-state index is 5.30. The summed E-state index contributed by atoms with van der Waals surface area (Å²) >= 11 is 0. The van der Waals surface area contributed by atoms with Gasteiger partial charge in [0.05, 0.1) is 18.5 Å². The number of nitrogens with zero attached hydrogens (tertiary/aromatic N) is 1. The minimum absolute atomic E-state index is 0.489. The Balaban J connectivity index is 2.46. The monoisotopic (exact) mass is 194 g/mol. The fourth-order valence-corrected chi connectivity index (χ4v) is 1.08. The standard InChI is InChI=1S/C11H18N2O/c1-4-14-11-6-5-10(13-8-11)7-12-9(2)3/h5-6,8-9,12H,4,7H2,1-3H3. The Morgan fingerprint density at radius 3 is 2.71 bits per heavy atom. The van der Waals surface area contributed by atoms with Gasteiger partial charge in [0.25, 0.3) is 0 Å². The molecule has 0 amide bonds. The topological polar surface area (TPSA) is 34.1 Å². The third kappa shape index (κ3) is 3.75. The first kappa shape index (κ1) is 11.0. The Labute approximate surface area is 85.5 Å². The van der Waals surface area contributed by atoms with Crippen molar-refractivity contribution in [2.45, 2.75) is 33.4 Å². The van der Waals surface area contributed by atoms with Crippen molar-refractivity contribution in [3.63, 3.8) is 0 Å². The first-order chi connectivity index (χ1) is 6.72. The van der Waals surface area contributed by atoms with Gasteiger partial charge < -0.3 is 10.1 Å². The smallest absolute Gasteiger partial charge is 0.137 e. The van der Waals surface area contributed by atoms with Crippen LogP contribution in [0.2, 0.25) is 0 Å². The molecule has 0 aliphatic rings. The van der Waals surface area contributed by atoms with Crippen LogP contribution >= 0.6 is 0 Å². The van der Waals surface area contributed by atoms with Gasteiger partial charge in [-0.05, 0) is 19.1 Å². The van der Waals surface area contributed by atoms with E-state index in [0.29, 0.717) is 12.6 Å². The van der Waals surface area contributed by atoms with Gasteiger partial charge in [0, 0.05) is 12.6 Å². The van der Waals surface area contributed by atoms with Crippen LogP contribution in [0.25, 0.3) is 0 Å². The van der Waals surface area contributed by atoms with E-state index >= 15 is 0 Å². The molecular weight excluding hydrogens is 176 g/mol. The normalized spacial score (nSPS) is 10.6. The number of pyridine rings is 1. The molecule has 0 spiro atoms. The summed E-state index contributed by atoms with van der Waals surface area (Å²) in [6, 6.07) is 4.43. The van der Waals surface area contributed by atoms with Crippen LogP contribution in [0.5, 0.6) is 5.75 Å². The van der Waals surface area contributed by atoms with E-state index in [-0.39, 0.29) is 0 Å². The molecule has 1 heterocycles. The molecule has 1 aromatic heterocycles. The quantitative estimate of drug-likeness (QED) is 0.778. The SMILES string of the molecule is CCOc1ccc(CNC(C)C)nc1. The zero-order chi connectivity index (χ0) is 10.4. The second kappa shape index (κ2) is 5.60. The van der Waals surface area contributed by atoms with Gasteiger partial charge in [0.15, 0.2) is 0 Å². The molecule has 14 heavy (non-hydrogen) atoms. The lowest BCUT2D eigenvalue weighted by molar-refractivity contribution is 0.338. The number of hydrogen-bond acceptors (Lipinski definition) is 3. The molecule has 0 saturated heterocycles. The van der Waals surface area contributed by atoms with Gasteiger partial charge in [0.2, 0.25) is 0 Å². The van der Waals surface area contributed by atoms with Crippen molar-refractivity contribution in [3.8, 4) is 5.75 Å². The molecule has 1 rings (SSSR count). The minimum Gasteiger partial charge on any atom is -0.492 e. The van der Waals surface area contributed by atoms with E-state index in [9.17, 15) is 0 Å². The van der Waals surface area contributed by atoms with Gasteiger partial charge in [-0.15, -0.1) is 0 Å². The van der Waals surface area contributed by atoms with Gasteiger partial charge in [-0.3, -0.25) is 4.98 Å². The molecule has 0 saturated carbocycles. The number of rotatable bonds is 5. The van der Waals surface area contributed by atoms with Gasteiger partial charge in [-0.25, -0.2) is 0 Å². The molecule has 0 aliphatic heterocycles. The molecule has 1 N–H and O–H groups in total. The van der Waals surface area contributed by atoms with Crippen LogP contribution in [0.15, 0.2) is 18.3 Å². The van der Waals surface area contributed by atoms with Gasteiger partial charge in [0.1, 0.15) is 5.75 Å². The average molecular weight is 194 g/mol. The lowest BCUT2D eigenvalue weighted by Gasteiger charge is -2.08. The van der Waals surface area contributed by atoms with E-state index in [0.717, 1.165) is 18.0 Å². The largest absolute Gasteiger partial charge is 0.492 e. The van der Waals surface area contributed by atoms with Crippen molar-refractivity contribution in [2.24, 2.45) is 0 Å². The van der Waals surface area contributed by atoms with E-state index < -0.39 is 0 Å². The molecule has 1 aromatic rings. The lowest BCUT2D eigenvalue weighted by Crippen LogP contribution is -2.22. The maximum Gasteiger partial charge on any atom is 0.137 e. The van der Waals surface area contributed by atoms with Crippen LogP contribution in [0.4, 0.5) is 0 Å². The van der Waals surface area contributed by atoms with Gasteiger partial charge in [-0.2, -0.15) is 0 Å². The summed E-state index contributed by atoms with van der Waals surface area (Å²) in [4.78, 5) is 4.28. The van der Waals surface area contributed by atoms with Crippen molar-refractivity contribution >= 4 is 0 Å². The second-order valence-electron chi connectivity index (χ2n) is 3.45.